The number of carbonyl (C=O) groups is 2. The summed E-state index contributed by atoms with van der Waals surface area (Å²) in [4.78, 5) is 26.6. The van der Waals surface area contributed by atoms with Gasteiger partial charge in [0.25, 0.3) is 0 Å². The normalized spacial score (nSPS) is 11.7. The fourth-order valence-corrected chi connectivity index (χ4v) is 4.64. The summed E-state index contributed by atoms with van der Waals surface area (Å²) in [5.74, 6) is -0.963. The largest absolute Gasteiger partial charge is 0.489 e. The summed E-state index contributed by atoms with van der Waals surface area (Å²) < 4.78 is 19.1. The second kappa shape index (κ2) is 13.4. The maximum atomic E-state index is 13.4. The minimum atomic E-state index is -1.06. The molecular formula is C33H32FNO4. The molecule has 6 heteroatoms. The Morgan fingerprint density at radius 3 is 2.00 bits per heavy atom. The molecule has 0 aliphatic carbocycles. The lowest BCUT2D eigenvalue weighted by Gasteiger charge is -2.26. The highest BCUT2D eigenvalue weighted by molar-refractivity contribution is 5.83. The number of nitrogens with zero attached hydrogens (tertiary/aromatic N) is 1. The zero-order valence-electron chi connectivity index (χ0n) is 21.9. The van der Waals surface area contributed by atoms with Crippen LogP contribution in [0.5, 0.6) is 5.75 Å². The Balaban J connectivity index is 1.37. The quantitative estimate of drug-likeness (QED) is 0.230. The predicted octanol–water partition coefficient (Wildman–Crippen LogP) is 6.47. The van der Waals surface area contributed by atoms with Gasteiger partial charge in [0, 0.05) is 25.8 Å². The van der Waals surface area contributed by atoms with Gasteiger partial charge in [-0.2, -0.15) is 0 Å². The van der Waals surface area contributed by atoms with E-state index in [1.165, 1.54) is 17.0 Å². The van der Waals surface area contributed by atoms with Gasteiger partial charge in [-0.15, -0.1) is 0 Å². The molecule has 0 spiro atoms. The van der Waals surface area contributed by atoms with E-state index in [0.29, 0.717) is 17.7 Å². The van der Waals surface area contributed by atoms with E-state index >= 15 is 0 Å². The van der Waals surface area contributed by atoms with Crippen LogP contribution in [0.3, 0.4) is 0 Å². The molecule has 0 saturated carbocycles. The molecule has 1 unspecified atom stereocenters. The van der Waals surface area contributed by atoms with Crippen molar-refractivity contribution in [1.29, 1.82) is 0 Å². The number of carboxylic acid groups (broad SMARTS) is 1. The van der Waals surface area contributed by atoms with E-state index in [2.05, 4.69) is 24.3 Å². The molecular weight excluding hydrogens is 493 g/mol. The Bertz CT molecular complexity index is 1320. The number of likely N-dealkylation sites (N-methyl/N-ethyl adjacent to an activating group) is 1. The molecule has 4 rings (SSSR count). The summed E-state index contributed by atoms with van der Waals surface area (Å²) in [6.45, 7) is 0.221. The van der Waals surface area contributed by atoms with E-state index in [1.807, 2.05) is 36.4 Å². The van der Waals surface area contributed by atoms with E-state index in [4.69, 9.17) is 4.74 Å². The van der Waals surface area contributed by atoms with Gasteiger partial charge in [-0.1, -0.05) is 84.9 Å². The molecule has 0 heterocycles. The highest BCUT2D eigenvalue weighted by Gasteiger charge is 2.27. The lowest BCUT2D eigenvalue weighted by Crippen LogP contribution is -2.43. The average molecular weight is 526 g/mol. The monoisotopic (exact) mass is 525 g/mol. The van der Waals surface area contributed by atoms with Gasteiger partial charge < -0.3 is 14.7 Å². The lowest BCUT2D eigenvalue weighted by molar-refractivity contribution is -0.149. The third-order valence-corrected chi connectivity index (χ3v) is 6.84. The molecule has 0 aliphatic rings. The SMILES string of the molecule is CN(C(=O)CCC(c1ccccc1)c1ccccc1)C(Cc1ccc(OCc2cccc(F)c2)cc1)C(=O)O. The maximum absolute atomic E-state index is 13.4. The first kappa shape index (κ1) is 27.6. The van der Waals surface area contributed by atoms with Crippen LogP contribution in [0.1, 0.15) is 41.0 Å². The first-order chi connectivity index (χ1) is 18.9. The van der Waals surface area contributed by atoms with Crippen molar-refractivity contribution in [2.75, 3.05) is 7.05 Å². The molecule has 0 aliphatic heterocycles. The van der Waals surface area contributed by atoms with Gasteiger partial charge in [-0.3, -0.25) is 4.79 Å². The summed E-state index contributed by atoms with van der Waals surface area (Å²) in [5.41, 5.74) is 3.72. The molecule has 0 radical (unpaired) electrons. The van der Waals surface area contributed by atoms with Gasteiger partial charge in [-0.05, 0) is 52.9 Å². The second-order valence-electron chi connectivity index (χ2n) is 9.54. The number of ether oxygens (including phenoxy) is 1. The van der Waals surface area contributed by atoms with Gasteiger partial charge in [-0.25, -0.2) is 9.18 Å². The number of hydrogen-bond acceptors (Lipinski definition) is 3. The Morgan fingerprint density at radius 1 is 0.821 bits per heavy atom. The van der Waals surface area contributed by atoms with Crippen molar-refractivity contribution in [3.05, 3.63) is 137 Å². The third-order valence-electron chi connectivity index (χ3n) is 6.84. The van der Waals surface area contributed by atoms with E-state index in [9.17, 15) is 19.1 Å². The fraction of sp³-hybridized carbons (Fsp3) is 0.212. The number of amides is 1. The summed E-state index contributed by atoms with van der Waals surface area (Å²) >= 11 is 0. The van der Waals surface area contributed by atoms with E-state index < -0.39 is 12.0 Å². The van der Waals surface area contributed by atoms with Crippen LogP contribution in [0.15, 0.2) is 109 Å². The highest BCUT2D eigenvalue weighted by atomic mass is 19.1. The molecule has 39 heavy (non-hydrogen) atoms. The molecule has 1 N–H and O–H groups in total. The number of rotatable bonds is 12. The van der Waals surface area contributed by atoms with Gasteiger partial charge in [0.15, 0.2) is 0 Å². The predicted molar refractivity (Wildman–Crippen MR) is 149 cm³/mol. The number of carbonyl (C=O) groups excluding carboxylic acids is 1. The Kier molecular flexibility index (Phi) is 9.46. The first-order valence-corrected chi connectivity index (χ1v) is 12.9. The van der Waals surface area contributed by atoms with Crippen molar-refractivity contribution >= 4 is 11.9 Å². The zero-order valence-corrected chi connectivity index (χ0v) is 21.9. The lowest BCUT2D eigenvalue weighted by atomic mass is 9.87. The number of halogens is 1. The van der Waals surface area contributed by atoms with Crippen molar-refractivity contribution in [3.8, 4) is 5.75 Å². The molecule has 200 valence electrons. The highest BCUT2D eigenvalue weighted by Crippen LogP contribution is 2.29. The summed E-state index contributed by atoms with van der Waals surface area (Å²) in [7, 11) is 1.55. The van der Waals surface area contributed by atoms with Crippen LogP contribution in [0.25, 0.3) is 0 Å². The van der Waals surface area contributed by atoms with Crippen molar-refractivity contribution < 1.29 is 23.8 Å². The van der Waals surface area contributed by atoms with Gasteiger partial charge >= 0.3 is 5.97 Å². The summed E-state index contributed by atoms with van der Waals surface area (Å²) in [6.07, 6.45) is 0.963. The number of carboxylic acids is 1. The number of hydrogen-bond donors (Lipinski definition) is 1. The first-order valence-electron chi connectivity index (χ1n) is 12.9. The molecule has 0 aromatic heterocycles. The molecule has 1 amide bonds. The van der Waals surface area contributed by atoms with E-state index in [1.54, 1.807) is 43.4 Å². The topological polar surface area (TPSA) is 66.8 Å². The molecule has 0 fully saturated rings. The van der Waals surface area contributed by atoms with Crippen LogP contribution in [-0.2, 0) is 22.6 Å². The Labute approximate surface area is 228 Å². The Morgan fingerprint density at radius 2 is 1.44 bits per heavy atom. The number of benzene rings is 4. The van der Waals surface area contributed by atoms with Gasteiger partial charge in [0.1, 0.15) is 24.2 Å². The van der Waals surface area contributed by atoms with Crippen molar-refractivity contribution in [1.82, 2.24) is 4.90 Å². The summed E-state index contributed by atoms with van der Waals surface area (Å²) in [5, 5.41) is 9.93. The minimum absolute atomic E-state index is 0.0351. The molecule has 5 nitrogen and oxygen atoms in total. The molecule has 4 aromatic rings. The smallest absolute Gasteiger partial charge is 0.326 e. The molecule has 4 aromatic carbocycles. The van der Waals surface area contributed by atoms with E-state index in [0.717, 1.165) is 16.7 Å². The van der Waals surface area contributed by atoms with Crippen molar-refractivity contribution in [2.24, 2.45) is 0 Å². The van der Waals surface area contributed by atoms with Crippen molar-refractivity contribution in [3.63, 3.8) is 0 Å². The van der Waals surface area contributed by atoms with Gasteiger partial charge in [0.2, 0.25) is 5.91 Å². The standard InChI is InChI=1S/C33H32FNO4/c1-35(32(36)20-19-30(26-10-4-2-5-11-26)27-12-6-3-7-13-27)31(33(37)38)22-24-15-17-29(18-16-24)39-23-25-9-8-14-28(34)21-25/h2-18,21,30-31H,19-20,22-23H2,1H3,(H,37,38). The van der Waals surface area contributed by atoms with Crippen LogP contribution in [0.4, 0.5) is 4.39 Å². The van der Waals surface area contributed by atoms with Crippen LogP contribution >= 0.6 is 0 Å². The van der Waals surface area contributed by atoms with Crippen LogP contribution in [0, 0.1) is 5.82 Å². The third kappa shape index (κ3) is 7.77. The maximum Gasteiger partial charge on any atom is 0.326 e. The fourth-order valence-electron chi connectivity index (χ4n) is 4.64. The molecule has 0 saturated heterocycles. The van der Waals surface area contributed by atoms with E-state index in [-0.39, 0.29) is 37.1 Å². The van der Waals surface area contributed by atoms with Crippen molar-refractivity contribution in [2.45, 2.75) is 37.8 Å². The molecule has 1 atom stereocenters. The summed E-state index contributed by atoms with van der Waals surface area (Å²) in [6, 6.07) is 32.4. The van der Waals surface area contributed by atoms with Crippen LogP contribution < -0.4 is 4.74 Å². The zero-order chi connectivity index (χ0) is 27.6. The average Bonchev–Trinajstić information content (AvgIpc) is 2.96. The Hall–Kier alpha value is -4.45. The number of aliphatic carboxylic acids is 1. The van der Waals surface area contributed by atoms with Gasteiger partial charge in [0.05, 0.1) is 0 Å². The van der Waals surface area contributed by atoms with Crippen LogP contribution in [0.2, 0.25) is 0 Å². The van der Waals surface area contributed by atoms with Crippen LogP contribution in [-0.4, -0.2) is 35.0 Å². The molecule has 0 bridgehead atoms. The minimum Gasteiger partial charge on any atom is -0.489 e. The second-order valence-corrected chi connectivity index (χ2v) is 9.54.